The van der Waals surface area contributed by atoms with Crippen LogP contribution in [-0.4, -0.2) is 30.1 Å². The SMILES string of the molecule is O=C(O)c1ccc(F)cc1NC(=O)C1CCCNC1. The van der Waals surface area contributed by atoms with Gasteiger partial charge in [-0.2, -0.15) is 0 Å². The Morgan fingerprint density at radius 1 is 1.42 bits per heavy atom. The molecule has 0 radical (unpaired) electrons. The molecular formula is C13H15FN2O3. The van der Waals surface area contributed by atoms with Crippen LogP contribution in [0.15, 0.2) is 18.2 Å². The maximum Gasteiger partial charge on any atom is 0.337 e. The average molecular weight is 266 g/mol. The van der Waals surface area contributed by atoms with Gasteiger partial charge in [-0.1, -0.05) is 0 Å². The van der Waals surface area contributed by atoms with Crippen molar-refractivity contribution in [3.05, 3.63) is 29.6 Å². The summed E-state index contributed by atoms with van der Waals surface area (Å²) in [5.74, 6) is -2.27. The molecule has 1 amide bonds. The average Bonchev–Trinajstić information content (AvgIpc) is 2.39. The van der Waals surface area contributed by atoms with Crippen molar-refractivity contribution in [2.24, 2.45) is 5.92 Å². The summed E-state index contributed by atoms with van der Waals surface area (Å²) >= 11 is 0. The molecule has 19 heavy (non-hydrogen) atoms. The molecule has 0 aliphatic carbocycles. The van der Waals surface area contributed by atoms with Crippen LogP contribution in [0.4, 0.5) is 10.1 Å². The summed E-state index contributed by atoms with van der Waals surface area (Å²) in [4.78, 5) is 23.0. The second-order valence-corrected chi connectivity index (χ2v) is 4.53. The van der Waals surface area contributed by atoms with E-state index in [2.05, 4.69) is 10.6 Å². The summed E-state index contributed by atoms with van der Waals surface area (Å²) in [6.07, 6.45) is 1.64. The molecule has 1 atom stereocenters. The third-order valence-electron chi connectivity index (χ3n) is 3.14. The number of hydrogen-bond donors (Lipinski definition) is 3. The van der Waals surface area contributed by atoms with Gasteiger partial charge in [0.2, 0.25) is 5.91 Å². The number of aromatic carboxylic acids is 1. The highest BCUT2D eigenvalue weighted by Gasteiger charge is 2.22. The van der Waals surface area contributed by atoms with Crippen LogP contribution < -0.4 is 10.6 Å². The van der Waals surface area contributed by atoms with E-state index in [1.807, 2.05) is 0 Å². The fourth-order valence-electron chi connectivity index (χ4n) is 2.12. The van der Waals surface area contributed by atoms with Crippen molar-refractivity contribution in [1.29, 1.82) is 0 Å². The van der Waals surface area contributed by atoms with Crippen molar-refractivity contribution in [2.45, 2.75) is 12.8 Å². The largest absolute Gasteiger partial charge is 0.478 e. The quantitative estimate of drug-likeness (QED) is 0.774. The van der Waals surface area contributed by atoms with Crippen molar-refractivity contribution < 1.29 is 19.1 Å². The predicted octanol–water partition coefficient (Wildman–Crippen LogP) is 1.46. The molecule has 0 spiro atoms. The molecule has 6 heteroatoms. The number of carboxylic acid groups (broad SMARTS) is 1. The molecule has 0 saturated carbocycles. The van der Waals surface area contributed by atoms with E-state index in [0.717, 1.165) is 37.6 Å². The van der Waals surface area contributed by atoms with Crippen LogP contribution in [0.5, 0.6) is 0 Å². The van der Waals surface area contributed by atoms with Crippen molar-refractivity contribution in [3.63, 3.8) is 0 Å². The molecule has 0 aromatic heterocycles. The molecule has 1 heterocycles. The first-order valence-corrected chi connectivity index (χ1v) is 6.12. The monoisotopic (exact) mass is 266 g/mol. The molecule has 3 N–H and O–H groups in total. The van der Waals surface area contributed by atoms with Crippen LogP contribution in [0.1, 0.15) is 23.2 Å². The van der Waals surface area contributed by atoms with Gasteiger partial charge < -0.3 is 15.7 Å². The molecule has 1 aliphatic heterocycles. The Morgan fingerprint density at radius 3 is 2.84 bits per heavy atom. The number of amides is 1. The number of halogens is 1. The minimum absolute atomic E-state index is 0.00285. The standard InChI is InChI=1S/C13H15FN2O3/c14-9-3-4-10(13(18)19)11(6-9)16-12(17)8-2-1-5-15-7-8/h3-4,6,8,15H,1-2,5,7H2,(H,16,17)(H,18,19). The molecule has 1 aliphatic rings. The van der Waals surface area contributed by atoms with Gasteiger partial charge in [-0.15, -0.1) is 0 Å². The first kappa shape index (κ1) is 13.5. The highest BCUT2D eigenvalue weighted by molar-refractivity contribution is 6.01. The molecule has 1 unspecified atom stereocenters. The lowest BCUT2D eigenvalue weighted by molar-refractivity contribution is -0.120. The van der Waals surface area contributed by atoms with Crippen molar-refractivity contribution in [1.82, 2.24) is 5.32 Å². The molecule has 1 saturated heterocycles. The Hall–Kier alpha value is -1.95. The zero-order chi connectivity index (χ0) is 13.8. The fourth-order valence-corrected chi connectivity index (χ4v) is 2.12. The smallest absolute Gasteiger partial charge is 0.337 e. The molecule has 2 rings (SSSR count). The Kier molecular flexibility index (Phi) is 4.11. The number of nitrogens with one attached hydrogen (secondary N) is 2. The number of benzene rings is 1. The zero-order valence-electron chi connectivity index (χ0n) is 10.3. The van der Waals surface area contributed by atoms with Crippen molar-refractivity contribution in [2.75, 3.05) is 18.4 Å². The second-order valence-electron chi connectivity index (χ2n) is 4.53. The van der Waals surface area contributed by atoms with E-state index in [1.54, 1.807) is 0 Å². The van der Waals surface area contributed by atoms with E-state index < -0.39 is 11.8 Å². The lowest BCUT2D eigenvalue weighted by atomic mass is 9.98. The van der Waals surface area contributed by atoms with Gasteiger partial charge in [-0.3, -0.25) is 4.79 Å². The number of carbonyl (C=O) groups is 2. The Labute approximate surface area is 109 Å². The van der Waals surface area contributed by atoms with Gasteiger partial charge in [0.25, 0.3) is 0 Å². The number of piperidine rings is 1. The summed E-state index contributed by atoms with van der Waals surface area (Å²) < 4.78 is 13.1. The van der Waals surface area contributed by atoms with Crippen LogP contribution in [0, 0.1) is 11.7 Å². The predicted molar refractivity (Wildman–Crippen MR) is 67.6 cm³/mol. The fraction of sp³-hybridized carbons (Fsp3) is 0.385. The van der Waals surface area contributed by atoms with E-state index in [1.165, 1.54) is 0 Å². The molecule has 0 bridgehead atoms. The summed E-state index contributed by atoms with van der Waals surface area (Å²) in [5.41, 5.74) is -0.110. The van der Waals surface area contributed by atoms with Gasteiger partial charge >= 0.3 is 5.97 Å². The summed E-state index contributed by atoms with van der Waals surface area (Å²) in [6, 6.07) is 3.23. The number of carboxylic acids is 1. The van der Waals surface area contributed by atoms with E-state index in [-0.39, 0.29) is 23.1 Å². The van der Waals surface area contributed by atoms with Crippen LogP contribution >= 0.6 is 0 Å². The number of hydrogen-bond acceptors (Lipinski definition) is 3. The maximum absolute atomic E-state index is 13.1. The number of carbonyl (C=O) groups excluding carboxylic acids is 1. The highest BCUT2D eigenvalue weighted by Crippen LogP contribution is 2.19. The van der Waals surface area contributed by atoms with Gasteiger partial charge in [0.15, 0.2) is 0 Å². The normalized spacial score (nSPS) is 18.9. The topological polar surface area (TPSA) is 78.4 Å². The van der Waals surface area contributed by atoms with Gasteiger partial charge in [0.1, 0.15) is 5.82 Å². The van der Waals surface area contributed by atoms with Gasteiger partial charge in [0.05, 0.1) is 17.2 Å². The number of rotatable bonds is 3. The first-order chi connectivity index (χ1) is 9.08. The van der Waals surface area contributed by atoms with Crippen LogP contribution in [0.3, 0.4) is 0 Å². The maximum atomic E-state index is 13.1. The summed E-state index contributed by atoms with van der Waals surface area (Å²) in [7, 11) is 0. The van der Waals surface area contributed by atoms with E-state index in [9.17, 15) is 14.0 Å². The zero-order valence-corrected chi connectivity index (χ0v) is 10.3. The molecular weight excluding hydrogens is 251 g/mol. The minimum atomic E-state index is -1.20. The van der Waals surface area contributed by atoms with Crippen molar-refractivity contribution in [3.8, 4) is 0 Å². The van der Waals surface area contributed by atoms with Gasteiger partial charge in [0, 0.05) is 6.54 Å². The third kappa shape index (κ3) is 3.29. The molecule has 1 aromatic rings. The second kappa shape index (κ2) is 5.79. The number of anilines is 1. The Balaban J connectivity index is 2.15. The van der Waals surface area contributed by atoms with E-state index in [4.69, 9.17) is 5.11 Å². The Bertz CT molecular complexity index is 499. The minimum Gasteiger partial charge on any atom is -0.478 e. The first-order valence-electron chi connectivity index (χ1n) is 6.12. The molecule has 1 aromatic carbocycles. The van der Waals surface area contributed by atoms with Gasteiger partial charge in [-0.05, 0) is 37.6 Å². The van der Waals surface area contributed by atoms with E-state index in [0.29, 0.717) is 6.54 Å². The lowest BCUT2D eigenvalue weighted by Crippen LogP contribution is -2.37. The molecule has 102 valence electrons. The molecule has 1 fully saturated rings. The van der Waals surface area contributed by atoms with Crippen LogP contribution in [-0.2, 0) is 4.79 Å². The summed E-state index contributed by atoms with van der Waals surface area (Å²) in [6.45, 7) is 1.44. The summed E-state index contributed by atoms with van der Waals surface area (Å²) in [5, 5.41) is 14.6. The lowest BCUT2D eigenvalue weighted by Gasteiger charge is -2.22. The van der Waals surface area contributed by atoms with Crippen LogP contribution in [0.25, 0.3) is 0 Å². The van der Waals surface area contributed by atoms with E-state index >= 15 is 0 Å². The van der Waals surface area contributed by atoms with Crippen LogP contribution in [0.2, 0.25) is 0 Å². The Morgan fingerprint density at radius 2 is 2.21 bits per heavy atom. The third-order valence-corrected chi connectivity index (χ3v) is 3.14. The molecule has 5 nitrogen and oxygen atoms in total. The highest BCUT2D eigenvalue weighted by atomic mass is 19.1. The van der Waals surface area contributed by atoms with Gasteiger partial charge in [-0.25, -0.2) is 9.18 Å². The van der Waals surface area contributed by atoms with Crippen molar-refractivity contribution >= 4 is 17.6 Å².